The highest BCUT2D eigenvalue weighted by Crippen LogP contribution is 2.26. The fourth-order valence-electron chi connectivity index (χ4n) is 1.79. The lowest BCUT2D eigenvalue weighted by Gasteiger charge is -2.09. The molecule has 0 atom stereocenters. The Balaban J connectivity index is 2.19. The van der Waals surface area contributed by atoms with Crippen molar-refractivity contribution in [1.82, 2.24) is 10.3 Å². The molecule has 1 aromatic heterocycles. The highest BCUT2D eigenvalue weighted by molar-refractivity contribution is 9.10. The van der Waals surface area contributed by atoms with Crippen molar-refractivity contribution in [3.63, 3.8) is 0 Å². The molecule has 3 nitrogen and oxygen atoms in total. The summed E-state index contributed by atoms with van der Waals surface area (Å²) in [5.41, 5.74) is 1.99. The average molecular weight is 339 g/mol. The van der Waals surface area contributed by atoms with Crippen molar-refractivity contribution in [2.75, 3.05) is 6.54 Å². The maximum absolute atomic E-state index is 13.2. The van der Waals surface area contributed by atoms with E-state index >= 15 is 0 Å². The molecule has 2 rings (SSSR count). The van der Waals surface area contributed by atoms with E-state index in [0.717, 1.165) is 24.3 Å². The van der Waals surface area contributed by atoms with E-state index in [1.54, 1.807) is 12.1 Å². The third-order valence-corrected chi connectivity index (χ3v) is 3.29. The molecule has 20 heavy (non-hydrogen) atoms. The number of hydrogen-bond donors (Lipinski definition) is 1. The van der Waals surface area contributed by atoms with Gasteiger partial charge >= 0.3 is 0 Å². The third-order valence-electron chi connectivity index (χ3n) is 2.68. The van der Waals surface area contributed by atoms with Gasteiger partial charge in [-0.3, -0.25) is 0 Å². The minimum atomic E-state index is -0.317. The summed E-state index contributed by atoms with van der Waals surface area (Å²) in [7, 11) is 0. The fraction of sp³-hybridized carbons (Fsp3) is 0.267. The van der Waals surface area contributed by atoms with E-state index in [0.29, 0.717) is 16.1 Å². The monoisotopic (exact) mass is 338 g/mol. The largest absolute Gasteiger partial charge is 0.439 e. The number of nitrogens with zero attached hydrogens (tertiary/aromatic N) is 1. The number of halogens is 2. The highest BCUT2D eigenvalue weighted by Gasteiger charge is 2.05. The molecule has 0 spiro atoms. The number of aryl methyl sites for hydroxylation is 1. The zero-order valence-corrected chi connectivity index (χ0v) is 13.0. The van der Waals surface area contributed by atoms with Crippen LogP contribution in [0.2, 0.25) is 0 Å². The number of ether oxygens (including phenoxy) is 1. The molecular formula is C15H16BrFN2O. The Labute approximate surface area is 126 Å². The van der Waals surface area contributed by atoms with Crippen molar-refractivity contribution in [2.24, 2.45) is 0 Å². The van der Waals surface area contributed by atoms with Crippen LogP contribution in [0.3, 0.4) is 0 Å². The molecule has 0 aliphatic rings. The smallest absolute Gasteiger partial charge is 0.219 e. The average Bonchev–Trinajstić information content (AvgIpc) is 2.40. The van der Waals surface area contributed by atoms with Gasteiger partial charge in [-0.15, -0.1) is 0 Å². The molecule has 0 saturated heterocycles. The van der Waals surface area contributed by atoms with Crippen LogP contribution in [-0.4, -0.2) is 11.5 Å². The first-order valence-electron chi connectivity index (χ1n) is 6.39. The zero-order valence-electron chi connectivity index (χ0n) is 11.4. The van der Waals surface area contributed by atoms with Gasteiger partial charge in [-0.1, -0.05) is 6.92 Å². The van der Waals surface area contributed by atoms with E-state index in [1.807, 2.05) is 19.1 Å². The molecule has 0 bridgehead atoms. The van der Waals surface area contributed by atoms with E-state index in [-0.39, 0.29) is 5.82 Å². The van der Waals surface area contributed by atoms with Gasteiger partial charge in [0.15, 0.2) is 0 Å². The number of aromatic nitrogens is 1. The summed E-state index contributed by atoms with van der Waals surface area (Å²) in [6.45, 7) is 5.65. The van der Waals surface area contributed by atoms with Gasteiger partial charge in [0.1, 0.15) is 11.6 Å². The van der Waals surface area contributed by atoms with Gasteiger partial charge in [0.2, 0.25) is 5.88 Å². The normalized spacial score (nSPS) is 10.6. The number of rotatable bonds is 5. The molecule has 0 aliphatic heterocycles. The van der Waals surface area contributed by atoms with E-state index in [2.05, 4.69) is 33.2 Å². The molecule has 106 valence electrons. The molecule has 1 heterocycles. The van der Waals surface area contributed by atoms with Crippen LogP contribution in [0, 0.1) is 12.7 Å². The van der Waals surface area contributed by atoms with E-state index in [4.69, 9.17) is 4.74 Å². The molecular weight excluding hydrogens is 323 g/mol. The van der Waals surface area contributed by atoms with Gasteiger partial charge < -0.3 is 10.1 Å². The molecule has 0 saturated carbocycles. The lowest BCUT2D eigenvalue weighted by Crippen LogP contribution is -2.12. The SMILES string of the molecule is CCNCc1cc(C)nc(Oc2ccc(F)c(Br)c2)c1. The molecule has 2 aromatic rings. The van der Waals surface area contributed by atoms with Crippen molar-refractivity contribution in [2.45, 2.75) is 20.4 Å². The van der Waals surface area contributed by atoms with E-state index < -0.39 is 0 Å². The van der Waals surface area contributed by atoms with Crippen LogP contribution in [0.25, 0.3) is 0 Å². The Morgan fingerprint density at radius 3 is 2.80 bits per heavy atom. The van der Waals surface area contributed by atoms with Crippen molar-refractivity contribution in [3.05, 3.63) is 51.9 Å². The Morgan fingerprint density at radius 2 is 2.10 bits per heavy atom. The summed E-state index contributed by atoms with van der Waals surface area (Å²) < 4.78 is 19.2. The van der Waals surface area contributed by atoms with Gasteiger partial charge in [-0.05, 0) is 59.2 Å². The van der Waals surface area contributed by atoms with Crippen LogP contribution in [0.4, 0.5) is 4.39 Å². The van der Waals surface area contributed by atoms with Crippen molar-refractivity contribution >= 4 is 15.9 Å². The van der Waals surface area contributed by atoms with Crippen LogP contribution in [0.5, 0.6) is 11.6 Å². The van der Waals surface area contributed by atoms with Crippen LogP contribution in [0.1, 0.15) is 18.2 Å². The zero-order chi connectivity index (χ0) is 14.5. The molecule has 5 heteroatoms. The lowest BCUT2D eigenvalue weighted by atomic mass is 10.2. The van der Waals surface area contributed by atoms with Crippen molar-refractivity contribution in [3.8, 4) is 11.6 Å². The first-order chi connectivity index (χ1) is 9.58. The molecule has 1 aromatic carbocycles. The highest BCUT2D eigenvalue weighted by atomic mass is 79.9. The number of benzene rings is 1. The summed E-state index contributed by atoms with van der Waals surface area (Å²) in [6, 6.07) is 8.41. The van der Waals surface area contributed by atoms with Gasteiger partial charge in [-0.2, -0.15) is 0 Å². The predicted octanol–water partition coefficient (Wildman–Crippen LogP) is 4.19. The maximum atomic E-state index is 13.2. The number of nitrogens with one attached hydrogen (secondary N) is 1. The van der Waals surface area contributed by atoms with Crippen LogP contribution < -0.4 is 10.1 Å². The van der Waals surface area contributed by atoms with Crippen molar-refractivity contribution < 1.29 is 9.13 Å². The lowest BCUT2D eigenvalue weighted by molar-refractivity contribution is 0.458. The molecule has 0 unspecified atom stereocenters. The second-order valence-corrected chi connectivity index (χ2v) is 5.27. The number of hydrogen-bond acceptors (Lipinski definition) is 3. The van der Waals surface area contributed by atoms with E-state index in [1.165, 1.54) is 6.07 Å². The second-order valence-electron chi connectivity index (χ2n) is 4.41. The third kappa shape index (κ3) is 4.02. The Kier molecular flexibility index (Phi) is 5.09. The van der Waals surface area contributed by atoms with Gasteiger partial charge in [0.05, 0.1) is 4.47 Å². The minimum absolute atomic E-state index is 0.317. The van der Waals surface area contributed by atoms with Crippen molar-refractivity contribution in [1.29, 1.82) is 0 Å². The molecule has 0 fully saturated rings. The first kappa shape index (κ1) is 14.9. The van der Waals surface area contributed by atoms with Gasteiger partial charge in [0, 0.05) is 18.3 Å². The molecule has 0 amide bonds. The predicted molar refractivity (Wildman–Crippen MR) is 80.5 cm³/mol. The van der Waals surface area contributed by atoms with Crippen LogP contribution in [-0.2, 0) is 6.54 Å². The maximum Gasteiger partial charge on any atom is 0.219 e. The Hall–Kier alpha value is -1.46. The quantitative estimate of drug-likeness (QED) is 0.887. The fourth-order valence-corrected chi connectivity index (χ4v) is 2.15. The summed E-state index contributed by atoms with van der Waals surface area (Å²) in [6.07, 6.45) is 0. The molecule has 0 radical (unpaired) electrons. The summed E-state index contributed by atoms with van der Waals surface area (Å²) >= 11 is 3.14. The topological polar surface area (TPSA) is 34.2 Å². The summed E-state index contributed by atoms with van der Waals surface area (Å²) in [5.74, 6) is 0.740. The second kappa shape index (κ2) is 6.81. The summed E-state index contributed by atoms with van der Waals surface area (Å²) in [4.78, 5) is 4.33. The van der Waals surface area contributed by atoms with Gasteiger partial charge in [-0.25, -0.2) is 9.37 Å². The first-order valence-corrected chi connectivity index (χ1v) is 7.19. The molecule has 1 N–H and O–H groups in total. The number of pyridine rings is 1. The van der Waals surface area contributed by atoms with Gasteiger partial charge in [0.25, 0.3) is 0 Å². The van der Waals surface area contributed by atoms with E-state index in [9.17, 15) is 4.39 Å². The minimum Gasteiger partial charge on any atom is -0.439 e. The Bertz CT molecular complexity index is 604. The molecule has 0 aliphatic carbocycles. The van der Waals surface area contributed by atoms with Crippen LogP contribution >= 0.6 is 15.9 Å². The Morgan fingerprint density at radius 1 is 1.30 bits per heavy atom. The van der Waals surface area contributed by atoms with Crippen LogP contribution in [0.15, 0.2) is 34.8 Å². The standard InChI is InChI=1S/C15H16BrFN2O/c1-3-18-9-11-6-10(2)19-15(7-11)20-12-4-5-14(17)13(16)8-12/h4-8,18H,3,9H2,1-2H3. The summed E-state index contributed by atoms with van der Waals surface area (Å²) in [5, 5.41) is 3.26.